The van der Waals surface area contributed by atoms with Gasteiger partial charge in [0.15, 0.2) is 4.77 Å². The molecule has 1 aromatic carbocycles. The van der Waals surface area contributed by atoms with Crippen LogP contribution in [0.3, 0.4) is 0 Å². The lowest BCUT2D eigenvalue weighted by Crippen LogP contribution is -2.23. The van der Waals surface area contributed by atoms with Crippen molar-refractivity contribution in [1.29, 1.82) is 0 Å². The number of hydrogen-bond acceptors (Lipinski definition) is 3. The van der Waals surface area contributed by atoms with Crippen molar-refractivity contribution < 1.29 is 0 Å². The third-order valence-corrected chi connectivity index (χ3v) is 3.31. The normalized spacial score (nSPS) is 11.1. The molecule has 0 spiro atoms. The van der Waals surface area contributed by atoms with E-state index in [1.54, 1.807) is 4.57 Å². The summed E-state index contributed by atoms with van der Waals surface area (Å²) in [6.07, 6.45) is 0.887. The molecule has 0 amide bonds. The zero-order valence-electron chi connectivity index (χ0n) is 10.9. The van der Waals surface area contributed by atoms with E-state index in [2.05, 4.69) is 34.3 Å². The van der Waals surface area contributed by atoms with Crippen LogP contribution in [0.4, 0.5) is 0 Å². The van der Waals surface area contributed by atoms with Crippen LogP contribution in [0, 0.1) is 4.77 Å². The van der Waals surface area contributed by atoms with Gasteiger partial charge >= 0.3 is 5.69 Å². The summed E-state index contributed by atoms with van der Waals surface area (Å²) < 4.78 is 2.00. The van der Waals surface area contributed by atoms with Crippen LogP contribution in [0.5, 0.6) is 0 Å². The van der Waals surface area contributed by atoms with Crippen LogP contribution < -0.4 is 5.69 Å². The highest BCUT2D eigenvalue weighted by Gasteiger charge is 2.02. The number of hydrogen-bond donors (Lipinski definition) is 2. The second-order valence-electron chi connectivity index (χ2n) is 4.59. The van der Waals surface area contributed by atoms with Crippen molar-refractivity contribution in [2.75, 3.05) is 13.6 Å². The predicted molar refractivity (Wildman–Crippen MR) is 77.6 cm³/mol. The van der Waals surface area contributed by atoms with Crippen molar-refractivity contribution in [2.24, 2.45) is 0 Å². The molecule has 2 aromatic rings. The molecule has 5 nitrogen and oxygen atoms in total. The van der Waals surface area contributed by atoms with Crippen molar-refractivity contribution >= 4 is 12.2 Å². The monoisotopic (exact) mass is 278 g/mol. The fraction of sp³-hybridized carbons (Fsp3) is 0.385. The Morgan fingerprint density at radius 1 is 1.26 bits per heavy atom. The molecule has 0 aliphatic carbocycles. The van der Waals surface area contributed by atoms with Crippen LogP contribution in [0.15, 0.2) is 35.1 Å². The van der Waals surface area contributed by atoms with Gasteiger partial charge in [0.25, 0.3) is 0 Å². The first kappa shape index (κ1) is 13.8. The molecule has 0 fully saturated rings. The molecule has 0 atom stereocenters. The largest absolute Gasteiger partial charge is 0.342 e. The van der Waals surface area contributed by atoms with Crippen molar-refractivity contribution in [3.8, 4) is 0 Å². The van der Waals surface area contributed by atoms with Gasteiger partial charge in [0.1, 0.15) is 0 Å². The number of benzene rings is 1. The summed E-state index contributed by atoms with van der Waals surface area (Å²) in [6, 6.07) is 10.3. The van der Waals surface area contributed by atoms with Gasteiger partial charge in [-0.25, -0.2) is 9.89 Å². The van der Waals surface area contributed by atoms with Gasteiger partial charge in [-0.1, -0.05) is 30.3 Å². The van der Waals surface area contributed by atoms with Crippen LogP contribution in [-0.4, -0.2) is 33.3 Å². The second-order valence-corrected chi connectivity index (χ2v) is 4.98. The van der Waals surface area contributed by atoms with Crippen molar-refractivity contribution in [3.63, 3.8) is 0 Å². The van der Waals surface area contributed by atoms with Crippen LogP contribution in [0.2, 0.25) is 0 Å². The van der Waals surface area contributed by atoms with E-state index in [4.69, 9.17) is 12.2 Å². The summed E-state index contributed by atoms with van der Waals surface area (Å²) in [5.74, 6) is 0. The van der Waals surface area contributed by atoms with Gasteiger partial charge in [0.05, 0.1) is 0 Å². The fourth-order valence-electron chi connectivity index (χ4n) is 2.01. The van der Waals surface area contributed by atoms with Gasteiger partial charge in [0, 0.05) is 13.1 Å². The summed E-state index contributed by atoms with van der Waals surface area (Å²) in [5, 5.41) is 5.12. The molecule has 1 heterocycles. The predicted octanol–water partition coefficient (Wildman–Crippen LogP) is 1.76. The molecule has 0 saturated carbocycles. The highest BCUT2D eigenvalue weighted by atomic mass is 32.1. The van der Waals surface area contributed by atoms with Crippen LogP contribution in [0.1, 0.15) is 12.0 Å². The minimum atomic E-state index is -0.171. The Hall–Kier alpha value is -1.66. The van der Waals surface area contributed by atoms with Crippen molar-refractivity contribution in [3.05, 3.63) is 51.2 Å². The van der Waals surface area contributed by atoms with E-state index in [0.29, 0.717) is 11.3 Å². The molecule has 2 N–H and O–H groups in total. The molecule has 0 aliphatic rings. The highest BCUT2D eigenvalue weighted by molar-refractivity contribution is 7.71. The van der Waals surface area contributed by atoms with Crippen molar-refractivity contribution in [2.45, 2.75) is 19.5 Å². The van der Waals surface area contributed by atoms with E-state index in [-0.39, 0.29) is 5.69 Å². The number of H-pyrrole nitrogens is 2. The minimum absolute atomic E-state index is 0.171. The minimum Gasteiger partial charge on any atom is -0.302 e. The maximum atomic E-state index is 11.4. The van der Waals surface area contributed by atoms with Crippen LogP contribution in [0.25, 0.3) is 0 Å². The third kappa shape index (κ3) is 3.90. The first-order chi connectivity index (χ1) is 9.16. The highest BCUT2D eigenvalue weighted by Crippen LogP contribution is 2.03. The maximum absolute atomic E-state index is 11.4. The van der Waals surface area contributed by atoms with Crippen LogP contribution >= 0.6 is 12.2 Å². The van der Waals surface area contributed by atoms with Gasteiger partial charge in [-0.15, -0.1) is 0 Å². The molecule has 0 bridgehead atoms. The lowest BCUT2D eigenvalue weighted by molar-refractivity contribution is 0.313. The van der Waals surface area contributed by atoms with Gasteiger partial charge in [-0.2, -0.15) is 0 Å². The zero-order chi connectivity index (χ0) is 13.7. The van der Waals surface area contributed by atoms with Gasteiger partial charge < -0.3 is 4.90 Å². The van der Waals surface area contributed by atoms with E-state index in [0.717, 1.165) is 19.5 Å². The molecule has 0 saturated heterocycles. The zero-order valence-corrected chi connectivity index (χ0v) is 11.7. The lowest BCUT2D eigenvalue weighted by atomic mass is 10.2. The summed E-state index contributed by atoms with van der Waals surface area (Å²) in [6.45, 7) is 2.47. The van der Waals surface area contributed by atoms with E-state index >= 15 is 0 Å². The molecular formula is C13H18N4OS. The van der Waals surface area contributed by atoms with E-state index in [9.17, 15) is 4.79 Å². The Balaban J connectivity index is 1.80. The first-order valence-electron chi connectivity index (χ1n) is 6.27. The average Bonchev–Trinajstić information content (AvgIpc) is 2.71. The Morgan fingerprint density at radius 2 is 2.00 bits per heavy atom. The molecule has 6 heteroatoms. The SMILES string of the molecule is CN(CCCn1c(=O)[nH][nH]c1=S)Cc1ccccc1. The first-order valence-corrected chi connectivity index (χ1v) is 6.67. The standard InChI is InChI=1S/C13H18N4OS/c1-16(10-11-6-3-2-4-7-11)8-5-9-17-12(18)14-15-13(17)19/h2-4,6-7H,5,8-10H2,1H3,(H,14,18)(H,15,19). The Morgan fingerprint density at radius 3 is 2.63 bits per heavy atom. The Labute approximate surface area is 116 Å². The number of nitrogens with one attached hydrogen (secondary N) is 2. The number of aromatic nitrogens is 3. The second kappa shape index (κ2) is 6.49. The maximum Gasteiger partial charge on any atom is 0.342 e. The molecular weight excluding hydrogens is 260 g/mol. The smallest absolute Gasteiger partial charge is 0.302 e. The summed E-state index contributed by atoms with van der Waals surface area (Å²) in [7, 11) is 2.08. The summed E-state index contributed by atoms with van der Waals surface area (Å²) >= 11 is 5.02. The summed E-state index contributed by atoms with van der Waals surface area (Å²) in [5.41, 5.74) is 1.12. The Kier molecular flexibility index (Phi) is 4.70. The summed E-state index contributed by atoms with van der Waals surface area (Å²) in [4.78, 5) is 13.6. The topological polar surface area (TPSA) is 56.8 Å². The van der Waals surface area contributed by atoms with Crippen LogP contribution in [-0.2, 0) is 13.1 Å². The van der Waals surface area contributed by atoms with Gasteiger partial charge in [-0.05, 0) is 37.8 Å². The molecule has 0 radical (unpaired) electrons. The van der Waals surface area contributed by atoms with Gasteiger partial charge in [-0.3, -0.25) is 9.67 Å². The number of nitrogens with zero attached hydrogens (tertiary/aromatic N) is 2. The fourth-order valence-corrected chi connectivity index (χ4v) is 2.24. The molecule has 2 rings (SSSR count). The molecule has 102 valence electrons. The molecule has 1 aromatic heterocycles. The van der Waals surface area contributed by atoms with E-state index < -0.39 is 0 Å². The van der Waals surface area contributed by atoms with E-state index in [1.807, 2.05) is 18.2 Å². The number of rotatable bonds is 6. The van der Waals surface area contributed by atoms with E-state index in [1.165, 1.54) is 5.56 Å². The third-order valence-electron chi connectivity index (χ3n) is 2.98. The molecule has 0 aliphatic heterocycles. The van der Waals surface area contributed by atoms with Crippen molar-refractivity contribution in [1.82, 2.24) is 19.7 Å². The quantitative estimate of drug-likeness (QED) is 0.792. The number of aromatic amines is 2. The average molecular weight is 278 g/mol. The Bertz CT molecular complexity index is 586. The molecule has 0 unspecified atom stereocenters. The molecule has 19 heavy (non-hydrogen) atoms. The lowest BCUT2D eigenvalue weighted by Gasteiger charge is -2.16. The van der Waals surface area contributed by atoms with Gasteiger partial charge in [0.2, 0.25) is 0 Å².